The van der Waals surface area contributed by atoms with Crippen molar-refractivity contribution in [1.82, 2.24) is 0 Å². The Balaban J connectivity index is 1.47. The first-order valence-electron chi connectivity index (χ1n) is 10.3. The summed E-state index contributed by atoms with van der Waals surface area (Å²) in [4.78, 5) is 12.4. The lowest BCUT2D eigenvalue weighted by atomic mass is 9.80. The molecule has 28 heavy (non-hydrogen) atoms. The van der Waals surface area contributed by atoms with E-state index in [2.05, 4.69) is 6.92 Å². The van der Waals surface area contributed by atoms with Crippen LogP contribution in [0.25, 0.3) is 0 Å². The summed E-state index contributed by atoms with van der Waals surface area (Å²) >= 11 is 0. The molecule has 0 bridgehead atoms. The van der Waals surface area contributed by atoms with Gasteiger partial charge in [0.05, 0.1) is 5.92 Å². The van der Waals surface area contributed by atoms with E-state index in [1.807, 2.05) is 12.1 Å². The van der Waals surface area contributed by atoms with Gasteiger partial charge in [-0.1, -0.05) is 38.0 Å². The predicted octanol–water partition coefficient (Wildman–Crippen LogP) is 6.26. The Hall–Kier alpha value is -2.23. The number of carbonyl (C=O) groups excluding carboxylic acids is 1. The van der Waals surface area contributed by atoms with Crippen LogP contribution < -0.4 is 4.74 Å². The molecule has 4 heteroatoms. The number of halogens is 2. The van der Waals surface area contributed by atoms with Crippen LogP contribution in [0.4, 0.5) is 8.78 Å². The summed E-state index contributed by atoms with van der Waals surface area (Å²) in [5, 5.41) is 0. The highest BCUT2D eigenvalue weighted by Crippen LogP contribution is 2.32. The molecule has 2 aromatic rings. The average molecular weight is 386 g/mol. The Labute approximate surface area is 165 Å². The number of carbonyl (C=O) groups is 1. The lowest BCUT2D eigenvalue weighted by molar-refractivity contribution is -0.140. The molecule has 0 N–H and O–H groups in total. The van der Waals surface area contributed by atoms with Crippen LogP contribution in [0.5, 0.6) is 5.75 Å². The predicted molar refractivity (Wildman–Crippen MR) is 106 cm³/mol. The van der Waals surface area contributed by atoms with Crippen molar-refractivity contribution in [3.8, 4) is 5.75 Å². The number of esters is 1. The van der Waals surface area contributed by atoms with Gasteiger partial charge in [0, 0.05) is 0 Å². The Morgan fingerprint density at radius 2 is 1.57 bits per heavy atom. The van der Waals surface area contributed by atoms with Crippen molar-refractivity contribution in [1.29, 1.82) is 0 Å². The molecule has 0 amide bonds. The van der Waals surface area contributed by atoms with E-state index in [9.17, 15) is 13.6 Å². The molecule has 3 rings (SSSR count). The van der Waals surface area contributed by atoms with E-state index in [4.69, 9.17) is 4.74 Å². The van der Waals surface area contributed by atoms with Gasteiger partial charge in [0.25, 0.3) is 0 Å². The lowest BCUT2D eigenvalue weighted by Gasteiger charge is -2.26. The monoisotopic (exact) mass is 386 g/mol. The first kappa shape index (κ1) is 20.5. The van der Waals surface area contributed by atoms with E-state index in [0.717, 1.165) is 48.8 Å². The van der Waals surface area contributed by atoms with Gasteiger partial charge in [0.1, 0.15) is 5.75 Å². The van der Waals surface area contributed by atoms with Crippen molar-refractivity contribution >= 4 is 5.97 Å². The van der Waals surface area contributed by atoms with E-state index in [0.29, 0.717) is 18.6 Å². The van der Waals surface area contributed by atoms with Gasteiger partial charge in [-0.05, 0) is 79.8 Å². The molecular weight excluding hydrogens is 358 g/mol. The highest BCUT2D eigenvalue weighted by Gasteiger charge is 2.27. The zero-order valence-electron chi connectivity index (χ0n) is 16.4. The highest BCUT2D eigenvalue weighted by molar-refractivity contribution is 5.75. The first-order chi connectivity index (χ1) is 13.5. The van der Waals surface area contributed by atoms with Crippen LogP contribution >= 0.6 is 0 Å². The van der Waals surface area contributed by atoms with Crippen molar-refractivity contribution in [3.05, 3.63) is 65.2 Å². The second kappa shape index (κ2) is 9.81. The Bertz CT molecular complexity index is 778. The molecule has 2 nitrogen and oxygen atoms in total. The molecule has 0 atom stereocenters. The summed E-state index contributed by atoms with van der Waals surface area (Å²) in [5.74, 6) is -0.414. The summed E-state index contributed by atoms with van der Waals surface area (Å²) < 4.78 is 31.8. The van der Waals surface area contributed by atoms with Gasteiger partial charge >= 0.3 is 5.97 Å². The van der Waals surface area contributed by atoms with Crippen molar-refractivity contribution in [2.45, 2.75) is 58.3 Å². The highest BCUT2D eigenvalue weighted by atomic mass is 19.2. The maximum absolute atomic E-state index is 13.3. The maximum atomic E-state index is 13.3. The molecule has 1 fully saturated rings. The molecule has 0 heterocycles. The fourth-order valence-electron chi connectivity index (χ4n) is 4.00. The molecule has 2 aromatic carbocycles. The second-order valence-electron chi connectivity index (χ2n) is 7.82. The zero-order chi connectivity index (χ0) is 19.9. The minimum Gasteiger partial charge on any atom is -0.426 e. The molecular formula is C24H28F2O2. The molecule has 0 aliphatic heterocycles. The van der Waals surface area contributed by atoms with Gasteiger partial charge in [-0.2, -0.15) is 0 Å². The van der Waals surface area contributed by atoms with E-state index in [1.54, 1.807) is 18.2 Å². The van der Waals surface area contributed by atoms with Crippen molar-refractivity contribution in [2.75, 3.05) is 0 Å². The molecule has 0 spiro atoms. The van der Waals surface area contributed by atoms with Gasteiger partial charge in [0.15, 0.2) is 11.6 Å². The van der Waals surface area contributed by atoms with Gasteiger partial charge in [-0.3, -0.25) is 4.79 Å². The van der Waals surface area contributed by atoms with E-state index >= 15 is 0 Å². The molecule has 1 aliphatic carbocycles. The lowest BCUT2D eigenvalue weighted by Crippen LogP contribution is -2.25. The molecule has 150 valence electrons. The molecule has 0 radical (unpaired) electrons. The standard InChI is InChI=1S/C24H28F2O2/c1-2-3-17-6-11-20(12-7-17)24(27)28-21-13-8-18(9-14-21)4-5-19-10-15-22(25)23(26)16-19/h8-10,13-17,20H,2-7,11-12H2,1H3. The Kier molecular flexibility index (Phi) is 7.18. The van der Waals surface area contributed by atoms with Crippen LogP contribution in [0, 0.1) is 23.5 Å². The van der Waals surface area contributed by atoms with E-state index < -0.39 is 11.6 Å². The van der Waals surface area contributed by atoms with Gasteiger partial charge in [-0.15, -0.1) is 0 Å². The van der Waals surface area contributed by atoms with Crippen molar-refractivity contribution in [2.24, 2.45) is 11.8 Å². The van der Waals surface area contributed by atoms with Crippen LogP contribution in [-0.4, -0.2) is 5.97 Å². The molecule has 0 unspecified atom stereocenters. The van der Waals surface area contributed by atoms with Gasteiger partial charge in [-0.25, -0.2) is 8.78 Å². The summed E-state index contributed by atoms with van der Waals surface area (Å²) in [7, 11) is 0. The normalized spacial score (nSPS) is 19.4. The quantitative estimate of drug-likeness (QED) is 0.414. The third kappa shape index (κ3) is 5.63. The maximum Gasteiger partial charge on any atom is 0.314 e. The number of aryl methyl sites for hydroxylation is 2. The third-order valence-electron chi connectivity index (χ3n) is 5.71. The number of benzene rings is 2. The van der Waals surface area contributed by atoms with Gasteiger partial charge in [0.2, 0.25) is 0 Å². The van der Waals surface area contributed by atoms with Crippen LogP contribution in [0.3, 0.4) is 0 Å². The Morgan fingerprint density at radius 3 is 2.21 bits per heavy atom. The third-order valence-corrected chi connectivity index (χ3v) is 5.71. The smallest absolute Gasteiger partial charge is 0.314 e. The fraction of sp³-hybridized carbons (Fsp3) is 0.458. The van der Waals surface area contributed by atoms with Crippen molar-refractivity contribution < 1.29 is 18.3 Å². The zero-order valence-corrected chi connectivity index (χ0v) is 16.4. The van der Waals surface area contributed by atoms with Crippen LogP contribution in [-0.2, 0) is 17.6 Å². The van der Waals surface area contributed by atoms with Crippen molar-refractivity contribution in [3.63, 3.8) is 0 Å². The molecule has 1 saturated carbocycles. The minimum absolute atomic E-state index is 0.0150. The van der Waals surface area contributed by atoms with Gasteiger partial charge < -0.3 is 4.74 Å². The summed E-state index contributed by atoms with van der Waals surface area (Å²) in [6.07, 6.45) is 7.90. The Morgan fingerprint density at radius 1 is 0.929 bits per heavy atom. The SMILES string of the molecule is CCCC1CCC(C(=O)Oc2ccc(CCc3ccc(F)c(F)c3)cc2)CC1. The number of hydrogen-bond donors (Lipinski definition) is 0. The summed E-state index contributed by atoms with van der Waals surface area (Å²) in [6, 6.07) is 11.4. The summed E-state index contributed by atoms with van der Waals surface area (Å²) in [5.41, 5.74) is 1.82. The largest absolute Gasteiger partial charge is 0.426 e. The minimum atomic E-state index is -0.825. The number of hydrogen-bond acceptors (Lipinski definition) is 2. The molecule has 0 aromatic heterocycles. The van der Waals surface area contributed by atoms with Crippen LogP contribution in [0.1, 0.15) is 56.6 Å². The van der Waals surface area contributed by atoms with E-state index in [-0.39, 0.29) is 11.9 Å². The van der Waals surface area contributed by atoms with Crippen LogP contribution in [0.2, 0.25) is 0 Å². The second-order valence-corrected chi connectivity index (χ2v) is 7.82. The fourth-order valence-corrected chi connectivity index (χ4v) is 4.00. The van der Waals surface area contributed by atoms with Crippen LogP contribution in [0.15, 0.2) is 42.5 Å². The number of ether oxygens (including phenoxy) is 1. The topological polar surface area (TPSA) is 26.3 Å². The van der Waals surface area contributed by atoms with E-state index in [1.165, 1.54) is 18.9 Å². The number of rotatable bonds is 7. The average Bonchev–Trinajstić information content (AvgIpc) is 2.71. The summed E-state index contributed by atoms with van der Waals surface area (Å²) in [6.45, 7) is 2.21. The molecule has 1 aliphatic rings. The first-order valence-corrected chi connectivity index (χ1v) is 10.3. The molecule has 0 saturated heterocycles.